The Bertz CT molecular complexity index is 309. The van der Waals surface area contributed by atoms with E-state index in [1.165, 1.54) is 0 Å². The van der Waals surface area contributed by atoms with Crippen LogP contribution < -0.4 is 16.0 Å². The minimum Gasteiger partial charge on any atom is -0.444 e. The summed E-state index contributed by atoms with van der Waals surface area (Å²) in [7, 11) is 0. The lowest BCUT2D eigenvalue weighted by atomic mass is 10.2. The van der Waals surface area contributed by atoms with E-state index in [0.29, 0.717) is 25.7 Å². The molecule has 0 aromatic heterocycles. The molecule has 6 heteroatoms. The molecule has 0 aromatic carbocycles. The van der Waals surface area contributed by atoms with Crippen molar-refractivity contribution in [3.63, 3.8) is 0 Å². The van der Waals surface area contributed by atoms with Gasteiger partial charge in [-0.1, -0.05) is 0 Å². The van der Waals surface area contributed by atoms with E-state index < -0.39 is 11.7 Å². The maximum absolute atomic E-state index is 11.3. The quantitative estimate of drug-likeness (QED) is 0.598. The third-order valence-electron chi connectivity index (χ3n) is 2.43. The molecule has 0 heterocycles. The summed E-state index contributed by atoms with van der Waals surface area (Å²) >= 11 is 0. The highest BCUT2D eigenvalue weighted by Gasteiger charge is 2.22. The highest BCUT2D eigenvalue weighted by molar-refractivity contribution is 5.78. The first kappa shape index (κ1) is 15.8. The summed E-state index contributed by atoms with van der Waals surface area (Å²) < 4.78 is 5.10. The lowest BCUT2D eigenvalue weighted by Crippen LogP contribution is -2.37. The van der Waals surface area contributed by atoms with Gasteiger partial charge in [-0.3, -0.25) is 4.79 Å². The maximum Gasteiger partial charge on any atom is 0.407 e. The Hall–Kier alpha value is -1.30. The van der Waals surface area contributed by atoms with Crippen LogP contribution in [0.15, 0.2) is 0 Å². The number of nitrogens with one attached hydrogen (secondary N) is 3. The van der Waals surface area contributed by atoms with Gasteiger partial charge in [0.1, 0.15) is 5.60 Å². The second-order valence-corrected chi connectivity index (χ2v) is 5.80. The normalized spacial score (nSPS) is 14.9. The lowest BCUT2D eigenvalue weighted by Gasteiger charge is -2.19. The molecule has 6 nitrogen and oxygen atoms in total. The van der Waals surface area contributed by atoms with E-state index in [9.17, 15) is 9.59 Å². The van der Waals surface area contributed by atoms with E-state index in [1.807, 2.05) is 20.8 Å². The molecular formula is C13H25N3O3. The summed E-state index contributed by atoms with van der Waals surface area (Å²) in [6.45, 7) is 7.04. The summed E-state index contributed by atoms with van der Waals surface area (Å²) in [5, 5.41) is 8.60. The summed E-state index contributed by atoms with van der Waals surface area (Å²) in [4.78, 5) is 22.6. The number of carbonyl (C=O) groups is 2. The number of hydrogen-bond donors (Lipinski definition) is 3. The van der Waals surface area contributed by atoms with E-state index in [1.54, 1.807) is 0 Å². The minimum absolute atomic E-state index is 0.0441. The van der Waals surface area contributed by atoms with Gasteiger partial charge in [0, 0.05) is 12.6 Å². The zero-order valence-corrected chi connectivity index (χ0v) is 12.0. The molecule has 0 aromatic rings. The van der Waals surface area contributed by atoms with Crippen LogP contribution in [0.3, 0.4) is 0 Å². The fraction of sp³-hybridized carbons (Fsp3) is 0.846. The number of carbonyl (C=O) groups excluding carboxylic acids is 2. The van der Waals surface area contributed by atoms with Gasteiger partial charge in [-0.15, -0.1) is 0 Å². The van der Waals surface area contributed by atoms with Crippen LogP contribution in [0.5, 0.6) is 0 Å². The second kappa shape index (κ2) is 7.33. The van der Waals surface area contributed by atoms with Gasteiger partial charge in [0.05, 0.1) is 6.54 Å². The highest BCUT2D eigenvalue weighted by Crippen LogP contribution is 2.18. The van der Waals surface area contributed by atoms with Crippen molar-refractivity contribution in [2.75, 3.05) is 19.6 Å². The Balaban J connectivity index is 1.90. The fourth-order valence-electron chi connectivity index (χ4n) is 1.43. The molecule has 1 fully saturated rings. The van der Waals surface area contributed by atoms with Gasteiger partial charge in [0.15, 0.2) is 0 Å². The van der Waals surface area contributed by atoms with E-state index in [4.69, 9.17) is 4.74 Å². The molecule has 1 rings (SSSR count). The van der Waals surface area contributed by atoms with Crippen molar-refractivity contribution in [3.8, 4) is 0 Å². The first-order valence-corrected chi connectivity index (χ1v) is 6.84. The maximum atomic E-state index is 11.3. The number of rotatable bonds is 7. The largest absolute Gasteiger partial charge is 0.444 e. The smallest absolute Gasteiger partial charge is 0.407 e. The summed E-state index contributed by atoms with van der Waals surface area (Å²) in [6, 6.07) is 0.406. The third kappa shape index (κ3) is 9.30. The van der Waals surface area contributed by atoms with E-state index in [-0.39, 0.29) is 5.91 Å². The van der Waals surface area contributed by atoms with Crippen LogP contribution in [0, 0.1) is 0 Å². The van der Waals surface area contributed by atoms with Gasteiger partial charge in [0.25, 0.3) is 0 Å². The topological polar surface area (TPSA) is 79.5 Å². The zero-order chi connectivity index (χ0) is 14.3. The van der Waals surface area contributed by atoms with Crippen LogP contribution in [0.4, 0.5) is 4.79 Å². The lowest BCUT2D eigenvalue weighted by molar-refractivity contribution is -0.120. The highest BCUT2D eigenvalue weighted by atomic mass is 16.6. The first-order chi connectivity index (χ1) is 8.87. The predicted molar refractivity (Wildman–Crippen MR) is 72.9 cm³/mol. The summed E-state index contributed by atoms with van der Waals surface area (Å²) in [5.41, 5.74) is -0.469. The third-order valence-corrected chi connectivity index (χ3v) is 2.43. The van der Waals surface area contributed by atoms with Crippen LogP contribution in [0.1, 0.15) is 40.0 Å². The van der Waals surface area contributed by atoms with Crippen molar-refractivity contribution in [1.82, 2.24) is 16.0 Å². The van der Waals surface area contributed by atoms with Gasteiger partial charge in [-0.05, 0) is 46.6 Å². The second-order valence-electron chi connectivity index (χ2n) is 5.80. The van der Waals surface area contributed by atoms with Crippen molar-refractivity contribution in [1.29, 1.82) is 0 Å². The Morgan fingerprint density at radius 2 is 1.89 bits per heavy atom. The van der Waals surface area contributed by atoms with Crippen LogP contribution in [-0.2, 0) is 9.53 Å². The number of alkyl carbamates (subject to hydrolysis) is 1. The van der Waals surface area contributed by atoms with Crippen molar-refractivity contribution >= 4 is 12.0 Å². The molecule has 19 heavy (non-hydrogen) atoms. The number of hydrogen-bond acceptors (Lipinski definition) is 4. The van der Waals surface area contributed by atoms with Crippen LogP contribution >= 0.6 is 0 Å². The molecule has 2 amide bonds. The molecule has 0 atom stereocenters. The first-order valence-electron chi connectivity index (χ1n) is 6.84. The van der Waals surface area contributed by atoms with E-state index in [0.717, 1.165) is 19.3 Å². The van der Waals surface area contributed by atoms with Crippen LogP contribution in [0.2, 0.25) is 0 Å². The van der Waals surface area contributed by atoms with Gasteiger partial charge in [0.2, 0.25) is 5.91 Å². The SMILES string of the molecule is CC(C)(C)OC(=O)NCCCNCC(=O)NC1CC1. The predicted octanol–water partition coefficient (Wildman–Crippen LogP) is 0.769. The van der Waals surface area contributed by atoms with Crippen molar-refractivity contribution in [2.24, 2.45) is 0 Å². The number of ether oxygens (including phenoxy) is 1. The monoisotopic (exact) mass is 271 g/mol. The number of amides is 2. The molecule has 0 spiro atoms. The fourth-order valence-corrected chi connectivity index (χ4v) is 1.43. The Morgan fingerprint density at radius 3 is 2.47 bits per heavy atom. The molecule has 1 aliphatic carbocycles. The molecule has 3 N–H and O–H groups in total. The average molecular weight is 271 g/mol. The molecule has 0 saturated heterocycles. The Morgan fingerprint density at radius 1 is 1.21 bits per heavy atom. The van der Waals surface area contributed by atoms with Crippen molar-refractivity contribution < 1.29 is 14.3 Å². The summed E-state index contributed by atoms with van der Waals surface area (Å²) in [5.74, 6) is 0.0441. The molecular weight excluding hydrogens is 246 g/mol. The zero-order valence-electron chi connectivity index (χ0n) is 12.0. The van der Waals surface area contributed by atoms with Gasteiger partial charge in [-0.25, -0.2) is 4.79 Å². The molecule has 1 aliphatic rings. The van der Waals surface area contributed by atoms with Gasteiger partial charge < -0.3 is 20.7 Å². The minimum atomic E-state index is -0.469. The average Bonchev–Trinajstić information content (AvgIpc) is 3.04. The van der Waals surface area contributed by atoms with Crippen molar-refractivity contribution in [2.45, 2.75) is 51.7 Å². The van der Waals surface area contributed by atoms with Crippen molar-refractivity contribution in [3.05, 3.63) is 0 Å². The Labute approximate surface area is 114 Å². The van der Waals surface area contributed by atoms with Crippen LogP contribution in [-0.4, -0.2) is 43.3 Å². The van der Waals surface area contributed by atoms with Gasteiger partial charge >= 0.3 is 6.09 Å². The molecule has 0 bridgehead atoms. The van der Waals surface area contributed by atoms with Crippen LogP contribution in [0.25, 0.3) is 0 Å². The Kier molecular flexibility index (Phi) is 6.08. The molecule has 0 unspecified atom stereocenters. The molecule has 0 aliphatic heterocycles. The molecule has 110 valence electrons. The van der Waals surface area contributed by atoms with E-state index >= 15 is 0 Å². The molecule has 1 saturated carbocycles. The van der Waals surface area contributed by atoms with Gasteiger partial charge in [-0.2, -0.15) is 0 Å². The standard InChI is InChI=1S/C13H25N3O3/c1-13(2,3)19-12(18)15-8-4-7-14-9-11(17)16-10-5-6-10/h10,14H,4-9H2,1-3H3,(H,15,18)(H,16,17). The molecule has 0 radical (unpaired) electrons. The summed E-state index contributed by atoms with van der Waals surface area (Å²) in [6.07, 6.45) is 2.56. The van der Waals surface area contributed by atoms with E-state index in [2.05, 4.69) is 16.0 Å².